The number of hydrogen-bond donors (Lipinski definition) is 0. The van der Waals surface area contributed by atoms with Crippen molar-refractivity contribution >= 4 is 45.0 Å². The first kappa shape index (κ1) is 20.8. The van der Waals surface area contributed by atoms with Crippen LogP contribution in [0.15, 0.2) is 70.6 Å². The van der Waals surface area contributed by atoms with Gasteiger partial charge in [0.05, 0.1) is 16.2 Å². The van der Waals surface area contributed by atoms with E-state index in [1.165, 1.54) is 17.3 Å². The highest BCUT2D eigenvalue weighted by Gasteiger charge is 2.28. The van der Waals surface area contributed by atoms with Crippen LogP contribution in [-0.4, -0.2) is 27.3 Å². The molecule has 0 radical (unpaired) electrons. The summed E-state index contributed by atoms with van der Waals surface area (Å²) in [5.41, 5.74) is 2.82. The van der Waals surface area contributed by atoms with Gasteiger partial charge in [0.15, 0.2) is 5.16 Å². The normalized spacial score (nSPS) is 14.5. The van der Waals surface area contributed by atoms with Crippen LogP contribution in [0.2, 0.25) is 0 Å². The Balaban J connectivity index is 1.51. The van der Waals surface area contributed by atoms with Crippen molar-refractivity contribution in [3.63, 3.8) is 0 Å². The second-order valence-corrected chi connectivity index (χ2v) is 9.45. The summed E-state index contributed by atoms with van der Waals surface area (Å²) in [4.78, 5) is 33.3. The van der Waals surface area contributed by atoms with Crippen LogP contribution in [0.1, 0.15) is 25.8 Å². The van der Waals surface area contributed by atoms with Gasteiger partial charge in [0, 0.05) is 18.8 Å². The molecule has 1 aliphatic heterocycles. The molecule has 0 saturated heterocycles. The number of nitrogens with zero attached hydrogens (tertiary/aromatic N) is 3. The van der Waals surface area contributed by atoms with Crippen molar-refractivity contribution in [1.29, 1.82) is 0 Å². The number of anilines is 1. The summed E-state index contributed by atoms with van der Waals surface area (Å²) in [6.07, 6.45) is 1.96. The lowest BCUT2D eigenvalue weighted by molar-refractivity contribution is -0.117. The van der Waals surface area contributed by atoms with E-state index in [4.69, 9.17) is 4.98 Å². The highest BCUT2D eigenvalue weighted by atomic mass is 32.2. The SMILES string of the molecule is CCn1c(SC(C)C(=O)N2CCCc3ccccc32)nc2cc3ccccc3cc2c1=O. The fourth-order valence-corrected chi connectivity index (χ4v) is 5.48. The first-order valence-electron chi connectivity index (χ1n) is 11.1. The van der Waals surface area contributed by atoms with Gasteiger partial charge in [-0.2, -0.15) is 0 Å². The zero-order valence-electron chi connectivity index (χ0n) is 18.2. The number of fused-ring (bicyclic) bond motifs is 3. The molecule has 0 bridgehead atoms. The topological polar surface area (TPSA) is 55.2 Å². The van der Waals surface area contributed by atoms with Crippen molar-refractivity contribution < 1.29 is 4.79 Å². The maximum atomic E-state index is 13.4. The number of benzene rings is 3. The van der Waals surface area contributed by atoms with Gasteiger partial charge in [-0.25, -0.2) is 4.98 Å². The molecule has 5 rings (SSSR count). The molecular formula is C26H25N3O2S. The molecule has 0 fully saturated rings. The molecule has 1 aliphatic rings. The molecule has 2 heterocycles. The van der Waals surface area contributed by atoms with E-state index >= 15 is 0 Å². The van der Waals surface area contributed by atoms with E-state index in [0.29, 0.717) is 22.6 Å². The third kappa shape index (κ3) is 3.58. The molecule has 1 amide bonds. The summed E-state index contributed by atoms with van der Waals surface area (Å²) < 4.78 is 1.68. The van der Waals surface area contributed by atoms with E-state index in [-0.39, 0.29) is 16.7 Å². The van der Waals surface area contributed by atoms with Gasteiger partial charge in [-0.3, -0.25) is 14.2 Å². The molecule has 1 atom stereocenters. The van der Waals surface area contributed by atoms with E-state index in [1.54, 1.807) is 4.57 Å². The van der Waals surface area contributed by atoms with Crippen LogP contribution in [-0.2, 0) is 17.8 Å². The predicted molar refractivity (Wildman–Crippen MR) is 132 cm³/mol. The maximum Gasteiger partial charge on any atom is 0.262 e. The van der Waals surface area contributed by atoms with E-state index in [1.807, 2.05) is 73.3 Å². The first-order valence-corrected chi connectivity index (χ1v) is 11.9. The zero-order chi connectivity index (χ0) is 22.2. The Bertz CT molecular complexity index is 1400. The number of amides is 1. The summed E-state index contributed by atoms with van der Waals surface area (Å²) in [5.74, 6) is 0.0534. The van der Waals surface area contributed by atoms with Crippen molar-refractivity contribution in [2.45, 2.75) is 43.6 Å². The third-order valence-electron chi connectivity index (χ3n) is 6.11. The monoisotopic (exact) mass is 443 g/mol. The van der Waals surface area contributed by atoms with Crippen LogP contribution in [0, 0.1) is 0 Å². The third-order valence-corrected chi connectivity index (χ3v) is 7.19. The molecule has 6 heteroatoms. The number of thioether (sulfide) groups is 1. The standard InChI is InChI=1S/C26H25N3O2S/c1-3-28-25(31)21-15-19-10-4-5-11-20(19)16-22(21)27-26(28)32-17(2)24(30)29-14-8-12-18-9-6-7-13-23(18)29/h4-7,9-11,13,15-17H,3,8,12,14H2,1-2H3. The van der Waals surface area contributed by atoms with Crippen molar-refractivity contribution in [3.8, 4) is 0 Å². The second kappa shape index (κ2) is 8.43. The van der Waals surface area contributed by atoms with Crippen LogP contribution >= 0.6 is 11.8 Å². The van der Waals surface area contributed by atoms with Crippen LogP contribution in [0.5, 0.6) is 0 Å². The largest absolute Gasteiger partial charge is 0.311 e. The fourth-order valence-electron chi connectivity index (χ4n) is 4.45. The number of carbonyl (C=O) groups excluding carboxylic acids is 1. The summed E-state index contributed by atoms with van der Waals surface area (Å²) >= 11 is 1.37. The highest BCUT2D eigenvalue weighted by Crippen LogP contribution is 2.31. The second-order valence-electron chi connectivity index (χ2n) is 8.14. The van der Waals surface area contributed by atoms with Gasteiger partial charge < -0.3 is 4.90 Å². The zero-order valence-corrected chi connectivity index (χ0v) is 19.1. The minimum atomic E-state index is -0.358. The summed E-state index contributed by atoms with van der Waals surface area (Å²) in [7, 11) is 0. The molecule has 0 saturated carbocycles. The Morgan fingerprint density at radius 1 is 1.09 bits per heavy atom. The Morgan fingerprint density at radius 2 is 1.81 bits per heavy atom. The molecule has 3 aromatic carbocycles. The molecule has 4 aromatic rings. The average molecular weight is 444 g/mol. The van der Waals surface area contributed by atoms with E-state index in [0.717, 1.165) is 35.8 Å². The fraction of sp³-hybridized carbons (Fsp3) is 0.269. The number of hydrogen-bond acceptors (Lipinski definition) is 4. The van der Waals surface area contributed by atoms with Gasteiger partial charge in [0.25, 0.3) is 5.56 Å². The number of para-hydroxylation sites is 1. The lowest BCUT2D eigenvalue weighted by Crippen LogP contribution is -2.40. The number of rotatable bonds is 4. The number of aromatic nitrogens is 2. The lowest BCUT2D eigenvalue weighted by Gasteiger charge is -2.31. The average Bonchev–Trinajstić information content (AvgIpc) is 2.82. The molecular weight excluding hydrogens is 418 g/mol. The Labute approximate surface area is 191 Å². The predicted octanol–water partition coefficient (Wildman–Crippen LogP) is 5.03. The van der Waals surface area contributed by atoms with Crippen LogP contribution in [0.4, 0.5) is 5.69 Å². The quantitative estimate of drug-likeness (QED) is 0.252. The van der Waals surface area contributed by atoms with Crippen molar-refractivity contribution in [2.75, 3.05) is 11.4 Å². The molecule has 0 spiro atoms. The minimum absolute atomic E-state index is 0.0534. The molecule has 1 unspecified atom stereocenters. The molecule has 0 N–H and O–H groups in total. The molecule has 32 heavy (non-hydrogen) atoms. The van der Waals surface area contributed by atoms with Gasteiger partial charge >= 0.3 is 0 Å². The van der Waals surface area contributed by atoms with Gasteiger partial charge in [0.1, 0.15) is 0 Å². The molecule has 0 aliphatic carbocycles. The van der Waals surface area contributed by atoms with Gasteiger partial charge in [-0.1, -0.05) is 54.2 Å². The van der Waals surface area contributed by atoms with Crippen LogP contribution < -0.4 is 10.5 Å². The number of aryl methyl sites for hydroxylation is 1. The molecule has 162 valence electrons. The van der Waals surface area contributed by atoms with Gasteiger partial charge in [-0.05, 0) is 61.2 Å². The molecule has 5 nitrogen and oxygen atoms in total. The summed E-state index contributed by atoms with van der Waals surface area (Å²) in [6, 6.07) is 20.0. The smallest absolute Gasteiger partial charge is 0.262 e. The summed E-state index contributed by atoms with van der Waals surface area (Å²) in [6.45, 7) is 5.07. The van der Waals surface area contributed by atoms with Crippen LogP contribution in [0.25, 0.3) is 21.7 Å². The maximum absolute atomic E-state index is 13.4. The van der Waals surface area contributed by atoms with E-state index in [2.05, 4.69) is 6.07 Å². The lowest BCUT2D eigenvalue weighted by atomic mass is 10.0. The Kier molecular flexibility index (Phi) is 5.47. The van der Waals surface area contributed by atoms with Crippen LogP contribution in [0.3, 0.4) is 0 Å². The first-order chi connectivity index (χ1) is 15.6. The van der Waals surface area contributed by atoms with Crippen molar-refractivity contribution in [3.05, 3.63) is 76.6 Å². The van der Waals surface area contributed by atoms with E-state index in [9.17, 15) is 9.59 Å². The van der Waals surface area contributed by atoms with Gasteiger partial charge in [-0.15, -0.1) is 0 Å². The van der Waals surface area contributed by atoms with Crippen molar-refractivity contribution in [1.82, 2.24) is 9.55 Å². The Hall–Kier alpha value is -3.12. The molecule has 1 aromatic heterocycles. The number of carbonyl (C=O) groups is 1. The van der Waals surface area contributed by atoms with Crippen molar-refractivity contribution in [2.24, 2.45) is 0 Å². The minimum Gasteiger partial charge on any atom is -0.311 e. The Morgan fingerprint density at radius 3 is 2.59 bits per heavy atom. The highest BCUT2D eigenvalue weighted by molar-refractivity contribution is 8.00. The van der Waals surface area contributed by atoms with E-state index < -0.39 is 0 Å². The van der Waals surface area contributed by atoms with Gasteiger partial charge in [0.2, 0.25) is 5.91 Å². The summed E-state index contributed by atoms with van der Waals surface area (Å²) in [5, 5.41) is 2.91.